The Morgan fingerprint density at radius 2 is 2.00 bits per heavy atom. The van der Waals surface area contributed by atoms with E-state index in [9.17, 15) is 0 Å². The molecule has 1 aromatic carbocycles. The summed E-state index contributed by atoms with van der Waals surface area (Å²) in [6, 6.07) is 11.3. The first-order valence-corrected chi connectivity index (χ1v) is 7.49. The third-order valence-corrected chi connectivity index (χ3v) is 3.94. The molecule has 2 aromatic rings. The highest BCUT2D eigenvalue weighted by atomic mass is 15.2. The molecule has 0 amide bonds. The molecule has 1 fully saturated rings. The molecule has 0 radical (unpaired) electrons. The van der Waals surface area contributed by atoms with Crippen molar-refractivity contribution in [2.45, 2.75) is 51.1 Å². The van der Waals surface area contributed by atoms with E-state index in [-0.39, 0.29) is 5.54 Å². The smallest absolute Gasteiger partial charge is 0.203 e. The molecule has 0 bridgehead atoms. The van der Waals surface area contributed by atoms with Gasteiger partial charge in [-0.1, -0.05) is 30.3 Å². The zero-order valence-corrected chi connectivity index (χ0v) is 12.3. The Hall–Kier alpha value is -1.77. The number of nitrogens with zero attached hydrogens (tertiary/aromatic N) is 2. The molecule has 0 spiro atoms. The average molecular weight is 269 g/mol. The van der Waals surface area contributed by atoms with Gasteiger partial charge in [-0.25, -0.2) is 4.98 Å². The predicted molar refractivity (Wildman–Crippen MR) is 83.0 cm³/mol. The van der Waals surface area contributed by atoms with Crippen molar-refractivity contribution in [1.29, 1.82) is 0 Å². The summed E-state index contributed by atoms with van der Waals surface area (Å²) in [5.74, 6) is 1.02. The second kappa shape index (κ2) is 5.31. The molecular formula is C17H23N3. The van der Waals surface area contributed by atoms with Gasteiger partial charge < -0.3 is 9.88 Å². The normalized spacial score (nSPS) is 15.3. The van der Waals surface area contributed by atoms with Crippen LogP contribution in [0, 0.1) is 0 Å². The van der Waals surface area contributed by atoms with Crippen molar-refractivity contribution in [2.24, 2.45) is 0 Å². The molecular weight excluding hydrogens is 246 g/mol. The Morgan fingerprint density at radius 3 is 2.70 bits per heavy atom. The summed E-state index contributed by atoms with van der Waals surface area (Å²) in [4.78, 5) is 4.47. The van der Waals surface area contributed by atoms with Gasteiger partial charge in [-0.2, -0.15) is 0 Å². The number of rotatable bonds is 6. The van der Waals surface area contributed by atoms with E-state index in [0.717, 1.165) is 18.8 Å². The van der Waals surface area contributed by atoms with Crippen molar-refractivity contribution in [3.8, 4) is 0 Å². The van der Waals surface area contributed by atoms with Crippen LogP contribution in [0.4, 0.5) is 5.95 Å². The quantitative estimate of drug-likeness (QED) is 0.857. The molecule has 106 valence electrons. The van der Waals surface area contributed by atoms with Crippen LogP contribution >= 0.6 is 0 Å². The molecule has 1 N–H and O–H groups in total. The van der Waals surface area contributed by atoms with E-state index in [2.05, 4.69) is 65.2 Å². The van der Waals surface area contributed by atoms with Crippen LogP contribution in [0.5, 0.6) is 0 Å². The molecule has 20 heavy (non-hydrogen) atoms. The van der Waals surface area contributed by atoms with Crippen molar-refractivity contribution in [1.82, 2.24) is 9.55 Å². The zero-order chi connectivity index (χ0) is 14.0. The number of hydrogen-bond acceptors (Lipinski definition) is 2. The van der Waals surface area contributed by atoms with Gasteiger partial charge in [0.1, 0.15) is 0 Å². The molecule has 1 aliphatic rings. The summed E-state index contributed by atoms with van der Waals surface area (Å²) in [6.07, 6.45) is 8.74. The van der Waals surface area contributed by atoms with Crippen molar-refractivity contribution < 1.29 is 0 Å². The van der Waals surface area contributed by atoms with Crippen LogP contribution in [0.3, 0.4) is 0 Å². The first kappa shape index (κ1) is 13.2. The minimum absolute atomic E-state index is 0.0494. The van der Waals surface area contributed by atoms with E-state index in [1.54, 1.807) is 0 Å². The van der Waals surface area contributed by atoms with Crippen LogP contribution in [-0.4, -0.2) is 15.1 Å². The maximum absolute atomic E-state index is 4.47. The highest BCUT2D eigenvalue weighted by Crippen LogP contribution is 2.37. The molecule has 1 aromatic heterocycles. The molecule has 3 nitrogen and oxygen atoms in total. The minimum atomic E-state index is 0.0494. The highest BCUT2D eigenvalue weighted by molar-refractivity contribution is 5.31. The highest BCUT2D eigenvalue weighted by Gasteiger charge is 2.27. The molecule has 3 heteroatoms. The third-order valence-electron chi connectivity index (χ3n) is 3.94. The van der Waals surface area contributed by atoms with Crippen molar-refractivity contribution in [3.63, 3.8) is 0 Å². The van der Waals surface area contributed by atoms with E-state index >= 15 is 0 Å². The first-order chi connectivity index (χ1) is 9.64. The van der Waals surface area contributed by atoms with Crippen LogP contribution in [0.2, 0.25) is 0 Å². The topological polar surface area (TPSA) is 29.9 Å². The van der Waals surface area contributed by atoms with Crippen molar-refractivity contribution in [2.75, 3.05) is 5.32 Å². The first-order valence-electron chi connectivity index (χ1n) is 7.49. The van der Waals surface area contributed by atoms with E-state index in [1.807, 2.05) is 6.20 Å². The standard InChI is InChI=1S/C17H23N3/c1-17(2,11-10-14-6-4-3-5-7-14)19-16-18-12-13-20(16)15-8-9-15/h3-7,12-13,15H,8-11H2,1-2H3,(H,18,19). The fraction of sp³-hybridized carbons (Fsp3) is 0.471. The lowest BCUT2D eigenvalue weighted by Crippen LogP contribution is -2.32. The van der Waals surface area contributed by atoms with Gasteiger partial charge in [0.25, 0.3) is 0 Å². The maximum atomic E-state index is 4.47. The van der Waals surface area contributed by atoms with Crippen LogP contribution in [0.25, 0.3) is 0 Å². The summed E-state index contributed by atoms with van der Waals surface area (Å²) in [7, 11) is 0. The zero-order valence-electron chi connectivity index (χ0n) is 12.3. The maximum Gasteiger partial charge on any atom is 0.203 e. The molecule has 0 atom stereocenters. The van der Waals surface area contributed by atoms with Crippen molar-refractivity contribution in [3.05, 3.63) is 48.3 Å². The van der Waals surface area contributed by atoms with E-state index in [4.69, 9.17) is 0 Å². The van der Waals surface area contributed by atoms with E-state index in [1.165, 1.54) is 18.4 Å². The van der Waals surface area contributed by atoms with Gasteiger partial charge in [-0.05, 0) is 45.1 Å². The second-order valence-corrected chi connectivity index (χ2v) is 6.38. The number of imidazole rings is 1. The minimum Gasteiger partial charge on any atom is -0.351 e. The number of hydrogen-bond donors (Lipinski definition) is 1. The van der Waals surface area contributed by atoms with Crippen LogP contribution < -0.4 is 5.32 Å². The van der Waals surface area contributed by atoms with E-state index < -0.39 is 0 Å². The number of benzene rings is 1. The Morgan fingerprint density at radius 1 is 1.25 bits per heavy atom. The lowest BCUT2D eigenvalue weighted by molar-refractivity contribution is 0.509. The SMILES string of the molecule is CC(C)(CCc1ccccc1)Nc1nccn1C1CC1. The summed E-state index contributed by atoms with van der Waals surface area (Å²) in [6.45, 7) is 4.50. The Kier molecular flexibility index (Phi) is 3.51. The van der Waals surface area contributed by atoms with Gasteiger partial charge in [0.2, 0.25) is 5.95 Å². The molecule has 3 rings (SSSR count). The molecule has 0 aliphatic heterocycles. The van der Waals surface area contributed by atoms with Gasteiger partial charge in [0, 0.05) is 24.0 Å². The molecule has 0 saturated heterocycles. The van der Waals surface area contributed by atoms with Gasteiger partial charge in [-0.15, -0.1) is 0 Å². The summed E-state index contributed by atoms with van der Waals surface area (Å²) >= 11 is 0. The van der Waals surface area contributed by atoms with E-state index in [0.29, 0.717) is 6.04 Å². The van der Waals surface area contributed by atoms with Gasteiger partial charge >= 0.3 is 0 Å². The Balaban J connectivity index is 1.61. The fourth-order valence-corrected chi connectivity index (χ4v) is 2.52. The summed E-state index contributed by atoms with van der Waals surface area (Å²) in [5.41, 5.74) is 1.45. The Bertz CT molecular complexity index is 553. The summed E-state index contributed by atoms with van der Waals surface area (Å²) in [5, 5.41) is 3.61. The van der Waals surface area contributed by atoms with Gasteiger partial charge in [0.05, 0.1) is 0 Å². The van der Waals surface area contributed by atoms with Gasteiger partial charge in [-0.3, -0.25) is 0 Å². The molecule has 1 aliphatic carbocycles. The second-order valence-electron chi connectivity index (χ2n) is 6.38. The number of anilines is 1. The molecule has 1 saturated carbocycles. The Labute approximate surface area is 121 Å². The number of nitrogens with one attached hydrogen (secondary N) is 1. The molecule has 1 heterocycles. The lowest BCUT2D eigenvalue weighted by atomic mass is 9.95. The van der Waals surface area contributed by atoms with Gasteiger partial charge in [0.15, 0.2) is 0 Å². The predicted octanol–water partition coefficient (Wildman–Crippen LogP) is 4.04. The fourth-order valence-electron chi connectivity index (χ4n) is 2.52. The summed E-state index contributed by atoms with van der Waals surface area (Å²) < 4.78 is 2.28. The van der Waals surface area contributed by atoms with Crippen LogP contribution in [0.15, 0.2) is 42.7 Å². The number of aryl methyl sites for hydroxylation is 1. The third kappa shape index (κ3) is 3.21. The molecule has 0 unspecified atom stereocenters. The number of aromatic nitrogens is 2. The van der Waals surface area contributed by atoms with Crippen LogP contribution in [0.1, 0.15) is 44.7 Å². The average Bonchev–Trinajstić information content (AvgIpc) is 3.19. The lowest BCUT2D eigenvalue weighted by Gasteiger charge is -2.27. The van der Waals surface area contributed by atoms with Crippen molar-refractivity contribution >= 4 is 5.95 Å². The largest absolute Gasteiger partial charge is 0.351 e. The van der Waals surface area contributed by atoms with Crippen LogP contribution in [-0.2, 0) is 6.42 Å². The monoisotopic (exact) mass is 269 g/mol.